The Kier molecular flexibility index (Phi) is 12.4. The molecule has 3 aliphatic rings. The van der Waals surface area contributed by atoms with Gasteiger partial charge < -0.3 is 34.2 Å². The molecule has 8 atom stereocenters. The maximum absolute atomic E-state index is 15.2. The average Bonchev–Trinajstić information content (AvgIpc) is 3.74. The highest BCUT2D eigenvalue weighted by Crippen LogP contribution is 2.61. The molecule has 10 nitrogen and oxygen atoms in total. The van der Waals surface area contributed by atoms with Crippen molar-refractivity contribution < 1.29 is 29.0 Å². The van der Waals surface area contributed by atoms with Gasteiger partial charge in [0.05, 0.1) is 37.2 Å². The van der Waals surface area contributed by atoms with Gasteiger partial charge in [0.25, 0.3) is 5.91 Å². The zero-order valence-electron chi connectivity index (χ0n) is 30.5. The quantitative estimate of drug-likeness (QED) is 0.160. The van der Waals surface area contributed by atoms with Crippen molar-refractivity contribution in [3.8, 4) is 5.75 Å². The molecule has 3 amide bonds. The number of ether oxygens (including phenoxy) is 2. The number of hydrogen-bond acceptors (Lipinski definition) is 7. The Hall–Kier alpha value is -3.67. The number of nitrogens with zero attached hydrogens (tertiary/aromatic N) is 4. The molecular weight excluding hydrogens is 712 g/mol. The third-order valence-corrected chi connectivity index (χ3v) is 11.8. The molecule has 0 radical (unpaired) electrons. The normalized spacial score (nSPS) is 26.0. The Morgan fingerprint density at radius 1 is 0.980 bits per heavy atom. The summed E-state index contributed by atoms with van der Waals surface area (Å²) in [5.41, 5.74) is 1.05. The van der Waals surface area contributed by atoms with Crippen LogP contribution in [-0.4, -0.2) is 95.7 Å². The third kappa shape index (κ3) is 6.84. The number of carbonyl (C=O) groups is 3. The van der Waals surface area contributed by atoms with Crippen molar-refractivity contribution in [3.05, 3.63) is 73.8 Å². The number of benzene rings is 2. The molecule has 3 fully saturated rings. The van der Waals surface area contributed by atoms with Gasteiger partial charge in [-0.25, -0.2) is 0 Å². The first-order valence-electron chi connectivity index (χ1n) is 18.2. The molecule has 1 N–H and O–H groups in total. The van der Waals surface area contributed by atoms with Crippen molar-refractivity contribution in [1.82, 2.24) is 4.90 Å². The standard InChI is InChI=1S/C40H53BrN4O6/c1-8-22-43(29-18-20-30(21-19-29)50-13-6)37(47)33-34-38(48)45(32(25-46)26(7)10-3)36(40(34)24-31(41)35(33)51-40)39(49)44(23-9-2)28-16-14-27(15-17-28)42(11-4)12-5/h8-9,14-21,26,31-36,46H,1-2,10-13,22-25H2,3-7H3/t26-,31?,32-,33+,34-,35+,36?,40?/m0/s1. The molecule has 0 aliphatic carbocycles. The van der Waals surface area contributed by atoms with E-state index in [1.807, 2.05) is 69.3 Å². The first-order valence-corrected chi connectivity index (χ1v) is 19.2. The van der Waals surface area contributed by atoms with E-state index in [0.29, 0.717) is 36.6 Å². The summed E-state index contributed by atoms with van der Waals surface area (Å²) in [5, 5.41) is 10.8. The van der Waals surface area contributed by atoms with Gasteiger partial charge in [0, 0.05) is 48.1 Å². The smallest absolute Gasteiger partial charge is 0.253 e. The highest BCUT2D eigenvalue weighted by atomic mass is 79.9. The number of anilines is 3. The molecule has 2 bridgehead atoms. The van der Waals surface area contributed by atoms with E-state index in [0.717, 1.165) is 18.8 Å². The topological polar surface area (TPSA) is 103 Å². The van der Waals surface area contributed by atoms with Crippen LogP contribution < -0.4 is 19.4 Å². The van der Waals surface area contributed by atoms with Crippen molar-refractivity contribution in [2.45, 2.75) is 76.1 Å². The lowest BCUT2D eigenvalue weighted by molar-refractivity contribution is -0.145. The SMILES string of the molecule is C=CCN(C(=O)C1N([C@@H](CO)[C@@H](C)CC)C(=O)[C@@H]2[C@@H](C(=O)N(CC=C)c3ccc(OCC)cc3)[C@@H]3OC12CC3Br)c1ccc(N(CC)CC)cc1. The Balaban J connectivity index is 1.60. The van der Waals surface area contributed by atoms with E-state index in [9.17, 15) is 14.7 Å². The van der Waals surface area contributed by atoms with Gasteiger partial charge in [-0.15, -0.1) is 13.2 Å². The minimum atomic E-state index is -1.30. The molecule has 0 aromatic heterocycles. The maximum Gasteiger partial charge on any atom is 0.253 e. The van der Waals surface area contributed by atoms with E-state index in [4.69, 9.17) is 9.47 Å². The molecule has 11 heteroatoms. The van der Waals surface area contributed by atoms with Crippen LogP contribution in [0.3, 0.4) is 0 Å². The number of rotatable bonds is 17. The monoisotopic (exact) mass is 764 g/mol. The van der Waals surface area contributed by atoms with E-state index < -0.39 is 35.6 Å². The van der Waals surface area contributed by atoms with E-state index in [2.05, 4.69) is 47.8 Å². The maximum atomic E-state index is 15.2. The van der Waals surface area contributed by atoms with Crippen LogP contribution in [0, 0.1) is 17.8 Å². The number of fused-ring (bicyclic) bond motifs is 1. The number of amides is 3. The molecule has 5 rings (SSSR count). The second-order valence-corrected chi connectivity index (χ2v) is 14.8. The fraction of sp³-hybridized carbons (Fsp3) is 0.525. The number of alkyl halides is 1. The molecule has 51 heavy (non-hydrogen) atoms. The summed E-state index contributed by atoms with van der Waals surface area (Å²) in [5.74, 6) is -2.19. The first kappa shape index (κ1) is 38.6. The molecule has 3 heterocycles. The predicted molar refractivity (Wildman–Crippen MR) is 206 cm³/mol. The van der Waals surface area contributed by atoms with Crippen molar-refractivity contribution in [1.29, 1.82) is 0 Å². The lowest BCUT2D eigenvalue weighted by Crippen LogP contribution is -2.60. The second-order valence-electron chi connectivity index (χ2n) is 13.6. The lowest BCUT2D eigenvalue weighted by Gasteiger charge is -2.41. The van der Waals surface area contributed by atoms with Gasteiger partial charge in [-0.2, -0.15) is 0 Å². The van der Waals surface area contributed by atoms with Gasteiger partial charge in [0.1, 0.15) is 17.4 Å². The van der Waals surface area contributed by atoms with Crippen LogP contribution in [0.5, 0.6) is 5.75 Å². The largest absolute Gasteiger partial charge is 0.494 e. The van der Waals surface area contributed by atoms with Gasteiger partial charge in [-0.3, -0.25) is 14.4 Å². The minimum Gasteiger partial charge on any atom is -0.494 e. The van der Waals surface area contributed by atoms with Gasteiger partial charge >= 0.3 is 0 Å². The summed E-state index contributed by atoms with van der Waals surface area (Å²) < 4.78 is 12.5. The fourth-order valence-electron chi connectivity index (χ4n) is 8.35. The van der Waals surface area contributed by atoms with Crippen molar-refractivity contribution >= 4 is 50.7 Å². The van der Waals surface area contributed by atoms with Crippen molar-refractivity contribution in [3.63, 3.8) is 0 Å². The summed E-state index contributed by atoms with van der Waals surface area (Å²) in [7, 11) is 0. The van der Waals surface area contributed by atoms with Gasteiger partial charge in [0.2, 0.25) is 11.8 Å². The predicted octanol–water partition coefficient (Wildman–Crippen LogP) is 5.82. The number of likely N-dealkylation sites (tertiary alicyclic amines) is 1. The van der Waals surface area contributed by atoms with Crippen molar-refractivity contribution in [2.75, 3.05) is 54.1 Å². The summed E-state index contributed by atoms with van der Waals surface area (Å²) in [4.78, 5) is 51.7. The average molecular weight is 766 g/mol. The number of carbonyl (C=O) groups excluding carboxylic acids is 3. The second kappa shape index (κ2) is 16.3. The summed E-state index contributed by atoms with van der Waals surface area (Å²) in [6.07, 6.45) is 3.71. The summed E-state index contributed by atoms with van der Waals surface area (Å²) in [6.45, 7) is 20.2. The molecule has 2 aromatic rings. The summed E-state index contributed by atoms with van der Waals surface area (Å²) >= 11 is 3.81. The number of aliphatic hydroxyl groups excluding tert-OH is 1. The fourth-order valence-corrected chi connectivity index (χ4v) is 9.30. The Morgan fingerprint density at radius 2 is 1.53 bits per heavy atom. The number of hydrogen-bond donors (Lipinski definition) is 1. The van der Waals surface area contributed by atoms with Crippen LogP contribution in [-0.2, 0) is 19.1 Å². The molecule has 1 spiro atoms. The highest BCUT2D eigenvalue weighted by Gasteiger charge is 2.77. The molecular formula is C40H53BrN4O6. The van der Waals surface area contributed by atoms with E-state index >= 15 is 4.79 Å². The van der Waals surface area contributed by atoms with Gasteiger partial charge in [-0.05, 0) is 81.6 Å². The zero-order valence-corrected chi connectivity index (χ0v) is 32.1. The van der Waals surface area contributed by atoms with Crippen LogP contribution >= 0.6 is 15.9 Å². The van der Waals surface area contributed by atoms with Crippen LogP contribution in [0.15, 0.2) is 73.8 Å². The molecule has 2 aromatic carbocycles. The molecule has 3 aliphatic heterocycles. The van der Waals surface area contributed by atoms with Gasteiger partial charge in [0.15, 0.2) is 0 Å². The lowest BCUT2D eigenvalue weighted by atomic mass is 9.70. The molecule has 3 saturated heterocycles. The Bertz CT molecular complexity index is 1570. The number of halogens is 1. The van der Waals surface area contributed by atoms with Crippen LogP contribution in [0.25, 0.3) is 0 Å². The van der Waals surface area contributed by atoms with E-state index in [-0.39, 0.29) is 48.2 Å². The van der Waals surface area contributed by atoms with E-state index in [1.165, 1.54) is 0 Å². The van der Waals surface area contributed by atoms with Crippen LogP contribution in [0.2, 0.25) is 0 Å². The van der Waals surface area contributed by atoms with Crippen molar-refractivity contribution in [2.24, 2.45) is 17.8 Å². The summed E-state index contributed by atoms with van der Waals surface area (Å²) in [6, 6.07) is 13.4. The van der Waals surface area contributed by atoms with Crippen LogP contribution in [0.1, 0.15) is 47.5 Å². The van der Waals surface area contributed by atoms with Crippen LogP contribution in [0.4, 0.5) is 17.1 Å². The molecule has 3 unspecified atom stereocenters. The Labute approximate surface area is 311 Å². The third-order valence-electron chi connectivity index (χ3n) is 11.0. The van der Waals surface area contributed by atoms with Gasteiger partial charge in [-0.1, -0.05) is 48.4 Å². The molecule has 0 saturated carbocycles. The zero-order chi connectivity index (χ0) is 37.0. The first-order chi connectivity index (χ1) is 24.6. The minimum absolute atomic E-state index is 0.127. The Morgan fingerprint density at radius 3 is 2.04 bits per heavy atom. The van der Waals surface area contributed by atoms with E-state index in [1.54, 1.807) is 26.9 Å². The highest BCUT2D eigenvalue weighted by molar-refractivity contribution is 9.09. The molecule has 276 valence electrons. The number of aliphatic hydroxyl groups is 1.